The molecule has 0 saturated carbocycles. The maximum atomic E-state index is 11.5. The minimum Gasteiger partial charge on any atom is -0.480 e. The zero-order valence-corrected chi connectivity index (χ0v) is 11.4. The van der Waals surface area contributed by atoms with Gasteiger partial charge >= 0.3 is 12.0 Å². The fraction of sp³-hybridized carbons (Fsp3) is 0.429. The number of aryl methyl sites for hydroxylation is 1. The van der Waals surface area contributed by atoms with Crippen molar-refractivity contribution in [2.24, 2.45) is 0 Å². The van der Waals surface area contributed by atoms with Crippen LogP contribution in [0.1, 0.15) is 17.5 Å². The van der Waals surface area contributed by atoms with Crippen molar-refractivity contribution in [1.82, 2.24) is 10.6 Å². The molecule has 0 radical (unpaired) electrons. The van der Waals surface area contributed by atoms with E-state index < -0.39 is 18.0 Å². The van der Waals surface area contributed by atoms with E-state index in [2.05, 4.69) is 10.6 Å². The Morgan fingerprint density at radius 1 is 1.35 bits per heavy atom. The van der Waals surface area contributed by atoms with E-state index in [1.165, 1.54) is 0 Å². The number of urea groups is 1. The second-order valence-corrected chi connectivity index (χ2v) is 4.54. The topological polar surface area (TPSA) is 98.7 Å². The van der Waals surface area contributed by atoms with Gasteiger partial charge in [0, 0.05) is 19.6 Å². The average molecular weight is 280 g/mol. The summed E-state index contributed by atoms with van der Waals surface area (Å²) in [6.45, 7) is 2.12. The summed E-state index contributed by atoms with van der Waals surface area (Å²) in [5, 5.41) is 22.5. The maximum absolute atomic E-state index is 11.5. The molecule has 6 nitrogen and oxygen atoms in total. The Labute approximate surface area is 117 Å². The van der Waals surface area contributed by atoms with Crippen molar-refractivity contribution in [3.05, 3.63) is 35.4 Å². The van der Waals surface area contributed by atoms with Gasteiger partial charge in [-0.05, 0) is 18.9 Å². The third-order valence-corrected chi connectivity index (χ3v) is 2.80. The fourth-order valence-electron chi connectivity index (χ4n) is 1.78. The normalized spacial score (nSPS) is 11.7. The number of nitrogens with one attached hydrogen (secondary N) is 2. The molecule has 0 aromatic heterocycles. The van der Waals surface area contributed by atoms with Crippen molar-refractivity contribution >= 4 is 12.0 Å². The molecule has 110 valence electrons. The first-order valence-electron chi connectivity index (χ1n) is 6.46. The quantitative estimate of drug-likeness (QED) is 0.590. The van der Waals surface area contributed by atoms with Gasteiger partial charge in [-0.3, -0.25) is 0 Å². The summed E-state index contributed by atoms with van der Waals surface area (Å²) in [4.78, 5) is 22.3. The standard InChI is InChI=1S/C14H20N2O4/c1-10-3-2-4-11(9-10)5-7-15-14(20)16-12(6-8-17)13(18)19/h2-4,9,12,17H,5-8H2,1H3,(H,18,19)(H2,15,16,20)/t12-/m0/s1. The molecule has 1 rings (SSSR count). The van der Waals surface area contributed by atoms with Crippen molar-refractivity contribution in [1.29, 1.82) is 0 Å². The number of amides is 2. The van der Waals surface area contributed by atoms with Crippen LogP contribution in [0.15, 0.2) is 24.3 Å². The lowest BCUT2D eigenvalue weighted by molar-refractivity contribution is -0.139. The molecule has 1 aromatic carbocycles. The minimum absolute atomic E-state index is 0.0133. The number of aliphatic hydroxyl groups is 1. The largest absolute Gasteiger partial charge is 0.480 e. The molecule has 0 unspecified atom stereocenters. The molecule has 0 aliphatic carbocycles. The number of carboxylic acids is 1. The lowest BCUT2D eigenvalue weighted by Gasteiger charge is -2.14. The molecule has 0 fully saturated rings. The van der Waals surface area contributed by atoms with Crippen LogP contribution in [0.2, 0.25) is 0 Å². The number of benzene rings is 1. The molecule has 0 bridgehead atoms. The molecule has 20 heavy (non-hydrogen) atoms. The molecule has 0 spiro atoms. The van der Waals surface area contributed by atoms with Crippen LogP contribution in [0.25, 0.3) is 0 Å². The van der Waals surface area contributed by atoms with Crippen LogP contribution in [-0.2, 0) is 11.2 Å². The van der Waals surface area contributed by atoms with Crippen LogP contribution < -0.4 is 10.6 Å². The molecular formula is C14H20N2O4. The van der Waals surface area contributed by atoms with E-state index >= 15 is 0 Å². The summed E-state index contributed by atoms with van der Waals surface area (Å²) in [6, 6.07) is 6.34. The Balaban J connectivity index is 2.34. The van der Waals surface area contributed by atoms with Crippen LogP contribution in [-0.4, -0.2) is 41.4 Å². The Morgan fingerprint density at radius 3 is 2.70 bits per heavy atom. The summed E-state index contributed by atoms with van der Waals surface area (Å²) < 4.78 is 0. The summed E-state index contributed by atoms with van der Waals surface area (Å²) in [5.41, 5.74) is 2.26. The number of carbonyl (C=O) groups is 2. The molecular weight excluding hydrogens is 260 g/mol. The second kappa shape index (κ2) is 8.16. The summed E-state index contributed by atoms with van der Waals surface area (Å²) in [5.74, 6) is -1.16. The van der Waals surface area contributed by atoms with Crippen LogP contribution in [0.3, 0.4) is 0 Å². The van der Waals surface area contributed by atoms with Gasteiger partial charge in [0.05, 0.1) is 0 Å². The minimum atomic E-state index is -1.16. The highest BCUT2D eigenvalue weighted by atomic mass is 16.4. The third-order valence-electron chi connectivity index (χ3n) is 2.80. The second-order valence-electron chi connectivity index (χ2n) is 4.54. The Morgan fingerprint density at radius 2 is 2.10 bits per heavy atom. The van der Waals surface area contributed by atoms with Crippen molar-refractivity contribution < 1.29 is 19.8 Å². The summed E-state index contributed by atoms with van der Waals surface area (Å²) in [7, 11) is 0. The number of carboxylic acid groups (broad SMARTS) is 1. The lowest BCUT2D eigenvalue weighted by atomic mass is 10.1. The van der Waals surface area contributed by atoms with Gasteiger partial charge in [0.25, 0.3) is 0 Å². The number of hydrogen-bond acceptors (Lipinski definition) is 3. The number of hydrogen-bond donors (Lipinski definition) is 4. The predicted octanol–water partition coefficient (Wildman–Crippen LogP) is 0.672. The first-order chi connectivity index (χ1) is 9.52. The van der Waals surface area contributed by atoms with Gasteiger partial charge in [-0.15, -0.1) is 0 Å². The molecule has 1 aromatic rings. The number of aliphatic carboxylic acids is 1. The maximum Gasteiger partial charge on any atom is 0.326 e. The van der Waals surface area contributed by atoms with Gasteiger partial charge in [-0.2, -0.15) is 0 Å². The van der Waals surface area contributed by atoms with Gasteiger partial charge in [-0.25, -0.2) is 9.59 Å². The fourth-order valence-corrected chi connectivity index (χ4v) is 1.78. The Hall–Kier alpha value is -2.08. The van der Waals surface area contributed by atoms with E-state index in [4.69, 9.17) is 10.2 Å². The molecule has 2 amide bonds. The molecule has 0 aliphatic rings. The van der Waals surface area contributed by atoms with Gasteiger partial charge in [0.2, 0.25) is 0 Å². The van der Waals surface area contributed by atoms with Gasteiger partial charge in [0.15, 0.2) is 0 Å². The molecule has 6 heteroatoms. The van der Waals surface area contributed by atoms with Crippen molar-refractivity contribution in [2.75, 3.05) is 13.2 Å². The van der Waals surface area contributed by atoms with Crippen LogP contribution in [0.4, 0.5) is 4.79 Å². The van der Waals surface area contributed by atoms with E-state index in [9.17, 15) is 9.59 Å². The summed E-state index contributed by atoms with van der Waals surface area (Å²) >= 11 is 0. The molecule has 0 aliphatic heterocycles. The molecule has 4 N–H and O–H groups in total. The van der Waals surface area contributed by atoms with Crippen molar-refractivity contribution in [3.63, 3.8) is 0 Å². The highest BCUT2D eigenvalue weighted by molar-refractivity contribution is 5.82. The summed E-state index contributed by atoms with van der Waals surface area (Å²) in [6.07, 6.45) is 0.660. The van der Waals surface area contributed by atoms with Crippen LogP contribution >= 0.6 is 0 Å². The molecule has 1 atom stereocenters. The van der Waals surface area contributed by atoms with E-state index in [1.54, 1.807) is 0 Å². The lowest BCUT2D eigenvalue weighted by Crippen LogP contribution is -2.46. The Kier molecular flexibility index (Phi) is 6.52. The van der Waals surface area contributed by atoms with E-state index in [0.29, 0.717) is 13.0 Å². The highest BCUT2D eigenvalue weighted by Crippen LogP contribution is 2.03. The monoisotopic (exact) mass is 280 g/mol. The predicted molar refractivity (Wildman–Crippen MR) is 74.5 cm³/mol. The van der Waals surface area contributed by atoms with E-state index in [-0.39, 0.29) is 13.0 Å². The first-order valence-corrected chi connectivity index (χ1v) is 6.46. The van der Waals surface area contributed by atoms with E-state index in [1.807, 2.05) is 31.2 Å². The van der Waals surface area contributed by atoms with E-state index in [0.717, 1.165) is 11.1 Å². The van der Waals surface area contributed by atoms with Crippen molar-refractivity contribution in [2.45, 2.75) is 25.8 Å². The van der Waals surface area contributed by atoms with Gasteiger partial charge < -0.3 is 20.8 Å². The van der Waals surface area contributed by atoms with Crippen molar-refractivity contribution in [3.8, 4) is 0 Å². The average Bonchev–Trinajstić information content (AvgIpc) is 2.38. The van der Waals surface area contributed by atoms with Gasteiger partial charge in [0.1, 0.15) is 6.04 Å². The van der Waals surface area contributed by atoms with Crippen LogP contribution in [0, 0.1) is 6.92 Å². The third kappa shape index (κ3) is 5.71. The molecule has 0 saturated heterocycles. The van der Waals surface area contributed by atoms with Crippen LogP contribution in [0.5, 0.6) is 0 Å². The molecule has 0 heterocycles. The van der Waals surface area contributed by atoms with Gasteiger partial charge in [-0.1, -0.05) is 29.8 Å². The zero-order chi connectivity index (χ0) is 15.0. The number of aliphatic hydroxyl groups excluding tert-OH is 1. The number of rotatable bonds is 7. The highest BCUT2D eigenvalue weighted by Gasteiger charge is 2.18. The number of carbonyl (C=O) groups excluding carboxylic acids is 1. The smallest absolute Gasteiger partial charge is 0.326 e. The SMILES string of the molecule is Cc1cccc(CCNC(=O)N[C@@H](CCO)C(=O)O)c1. The zero-order valence-electron chi connectivity index (χ0n) is 11.4. The first kappa shape index (κ1) is 16.0. The Bertz CT molecular complexity index is 462.